The highest BCUT2D eigenvalue weighted by Crippen LogP contribution is 2.31. The Labute approximate surface area is 127 Å². The van der Waals surface area contributed by atoms with Crippen LogP contribution in [0.2, 0.25) is 0 Å². The Morgan fingerprint density at radius 2 is 2.19 bits per heavy atom. The number of aryl methyl sites for hydroxylation is 1. The van der Waals surface area contributed by atoms with Crippen LogP contribution >= 0.6 is 0 Å². The fourth-order valence-corrected chi connectivity index (χ4v) is 2.45. The lowest BCUT2D eigenvalue weighted by Gasteiger charge is -2.22. The van der Waals surface area contributed by atoms with Gasteiger partial charge >= 0.3 is 5.97 Å². The standard InChI is InChI=1S/C16H27N3O2/c1-6-21-15(20)13(17-9-11-7-8-11)12-10-19(5)18-14(12)16(2,3)4/h10-11,13,17H,6-9H2,1-5H3. The van der Waals surface area contributed by atoms with E-state index in [0.717, 1.165) is 17.8 Å². The van der Waals surface area contributed by atoms with Gasteiger partial charge < -0.3 is 10.1 Å². The first kappa shape index (κ1) is 16.0. The van der Waals surface area contributed by atoms with Crippen LogP contribution in [0.5, 0.6) is 0 Å². The van der Waals surface area contributed by atoms with Gasteiger partial charge in [0.15, 0.2) is 0 Å². The summed E-state index contributed by atoms with van der Waals surface area (Å²) in [5.74, 6) is 0.494. The van der Waals surface area contributed by atoms with E-state index < -0.39 is 6.04 Å². The number of carbonyl (C=O) groups is 1. The monoisotopic (exact) mass is 293 g/mol. The molecular formula is C16H27N3O2. The SMILES string of the molecule is CCOC(=O)C(NCC1CC1)c1cn(C)nc1C(C)(C)C. The third-order valence-electron chi connectivity index (χ3n) is 3.71. The van der Waals surface area contributed by atoms with Crippen LogP contribution in [-0.2, 0) is 22.0 Å². The van der Waals surface area contributed by atoms with Crippen molar-refractivity contribution in [3.05, 3.63) is 17.5 Å². The van der Waals surface area contributed by atoms with Gasteiger partial charge in [-0.05, 0) is 32.2 Å². The highest BCUT2D eigenvalue weighted by atomic mass is 16.5. The van der Waals surface area contributed by atoms with Crippen LogP contribution in [0.1, 0.15) is 57.8 Å². The molecule has 2 rings (SSSR count). The lowest BCUT2D eigenvalue weighted by molar-refractivity contribution is -0.145. The first-order chi connectivity index (χ1) is 9.82. The summed E-state index contributed by atoms with van der Waals surface area (Å²) in [5, 5.41) is 7.94. The van der Waals surface area contributed by atoms with Gasteiger partial charge in [-0.2, -0.15) is 5.10 Å². The minimum Gasteiger partial charge on any atom is -0.465 e. The molecule has 118 valence electrons. The molecule has 0 spiro atoms. The zero-order valence-electron chi connectivity index (χ0n) is 13.8. The van der Waals surface area contributed by atoms with Crippen LogP contribution in [0.15, 0.2) is 6.20 Å². The van der Waals surface area contributed by atoms with Crippen LogP contribution in [0.25, 0.3) is 0 Å². The van der Waals surface area contributed by atoms with E-state index in [4.69, 9.17) is 4.74 Å². The van der Waals surface area contributed by atoms with Gasteiger partial charge in [0.2, 0.25) is 0 Å². The fourth-order valence-electron chi connectivity index (χ4n) is 2.45. The maximum atomic E-state index is 12.3. The summed E-state index contributed by atoms with van der Waals surface area (Å²) >= 11 is 0. The minimum atomic E-state index is -0.423. The Balaban J connectivity index is 2.27. The van der Waals surface area contributed by atoms with Gasteiger partial charge in [0, 0.05) is 24.2 Å². The van der Waals surface area contributed by atoms with Crippen LogP contribution in [0.4, 0.5) is 0 Å². The van der Waals surface area contributed by atoms with Gasteiger partial charge in [0.05, 0.1) is 12.3 Å². The maximum Gasteiger partial charge on any atom is 0.327 e. The van der Waals surface area contributed by atoms with E-state index in [0.29, 0.717) is 12.5 Å². The first-order valence-electron chi connectivity index (χ1n) is 7.77. The average molecular weight is 293 g/mol. The molecule has 1 aliphatic carbocycles. The number of hydrogen-bond donors (Lipinski definition) is 1. The van der Waals surface area contributed by atoms with Crippen LogP contribution < -0.4 is 5.32 Å². The van der Waals surface area contributed by atoms with Crippen LogP contribution in [0.3, 0.4) is 0 Å². The van der Waals surface area contributed by atoms with E-state index in [9.17, 15) is 4.79 Å². The predicted octanol–water partition coefficient (Wildman–Crippen LogP) is 2.32. The van der Waals surface area contributed by atoms with E-state index in [1.165, 1.54) is 12.8 Å². The molecule has 1 unspecified atom stereocenters. The van der Waals surface area contributed by atoms with Crippen molar-refractivity contribution in [1.29, 1.82) is 0 Å². The largest absolute Gasteiger partial charge is 0.465 e. The van der Waals surface area contributed by atoms with E-state index >= 15 is 0 Å². The van der Waals surface area contributed by atoms with Crippen molar-refractivity contribution in [1.82, 2.24) is 15.1 Å². The molecular weight excluding hydrogens is 266 g/mol. The first-order valence-corrected chi connectivity index (χ1v) is 7.77. The number of aromatic nitrogens is 2. The number of esters is 1. The molecule has 1 N–H and O–H groups in total. The van der Waals surface area contributed by atoms with Gasteiger partial charge in [-0.1, -0.05) is 20.8 Å². The van der Waals surface area contributed by atoms with Crippen LogP contribution in [-0.4, -0.2) is 28.9 Å². The zero-order valence-corrected chi connectivity index (χ0v) is 13.8. The normalized spacial score (nSPS) is 16.8. The molecule has 0 bridgehead atoms. The molecule has 1 aromatic heterocycles. The minimum absolute atomic E-state index is 0.109. The molecule has 0 aromatic carbocycles. The van der Waals surface area contributed by atoms with Gasteiger partial charge in [-0.15, -0.1) is 0 Å². The highest BCUT2D eigenvalue weighted by molar-refractivity contribution is 5.78. The van der Waals surface area contributed by atoms with Gasteiger partial charge in [-0.3, -0.25) is 4.68 Å². The Morgan fingerprint density at radius 1 is 1.52 bits per heavy atom. The molecule has 1 aromatic rings. The second-order valence-electron chi connectivity index (χ2n) is 6.89. The Morgan fingerprint density at radius 3 is 2.71 bits per heavy atom. The van der Waals surface area contributed by atoms with E-state index in [1.807, 2.05) is 20.2 Å². The molecule has 1 heterocycles. The molecule has 0 radical (unpaired) electrons. The summed E-state index contributed by atoms with van der Waals surface area (Å²) in [6.07, 6.45) is 4.44. The Hall–Kier alpha value is -1.36. The molecule has 1 fully saturated rings. The number of nitrogens with zero attached hydrogens (tertiary/aromatic N) is 2. The van der Waals surface area contributed by atoms with E-state index in [2.05, 4.69) is 31.2 Å². The average Bonchev–Trinajstić information content (AvgIpc) is 3.11. The second-order valence-corrected chi connectivity index (χ2v) is 6.89. The predicted molar refractivity (Wildman–Crippen MR) is 82.0 cm³/mol. The quantitative estimate of drug-likeness (QED) is 0.818. The second kappa shape index (κ2) is 6.18. The number of rotatable bonds is 6. The van der Waals surface area contributed by atoms with Crippen molar-refractivity contribution in [2.45, 2.75) is 52.0 Å². The van der Waals surface area contributed by atoms with Crippen molar-refractivity contribution in [3.8, 4) is 0 Å². The number of nitrogens with one attached hydrogen (secondary N) is 1. The van der Waals surface area contributed by atoms with E-state index in [-0.39, 0.29) is 11.4 Å². The molecule has 1 saturated carbocycles. The van der Waals surface area contributed by atoms with Gasteiger partial charge in [0.25, 0.3) is 0 Å². The fraction of sp³-hybridized carbons (Fsp3) is 0.750. The molecule has 5 heteroatoms. The molecule has 0 aliphatic heterocycles. The smallest absolute Gasteiger partial charge is 0.327 e. The molecule has 1 aliphatic rings. The summed E-state index contributed by atoms with van der Waals surface area (Å²) < 4.78 is 7.03. The third kappa shape index (κ3) is 4.06. The Bertz CT molecular complexity index is 498. The number of carbonyl (C=O) groups excluding carboxylic acids is 1. The van der Waals surface area contributed by atoms with Gasteiger partial charge in [0.1, 0.15) is 6.04 Å². The van der Waals surface area contributed by atoms with Crippen molar-refractivity contribution in [2.75, 3.05) is 13.2 Å². The lowest BCUT2D eigenvalue weighted by Crippen LogP contribution is -2.33. The topological polar surface area (TPSA) is 56.1 Å². The molecule has 5 nitrogen and oxygen atoms in total. The summed E-state index contributed by atoms with van der Waals surface area (Å²) in [6.45, 7) is 9.43. The molecule has 1 atom stereocenters. The van der Waals surface area contributed by atoms with Crippen molar-refractivity contribution < 1.29 is 9.53 Å². The van der Waals surface area contributed by atoms with Crippen molar-refractivity contribution in [2.24, 2.45) is 13.0 Å². The summed E-state index contributed by atoms with van der Waals surface area (Å²) in [7, 11) is 1.89. The van der Waals surface area contributed by atoms with Gasteiger partial charge in [-0.25, -0.2) is 4.79 Å². The summed E-state index contributed by atoms with van der Waals surface area (Å²) in [6, 6.07) is -0.423. The van der Waals surface area contributed by atoms with Crippen LogP contribution in [0, 0.1) is 5.92 Å². The molecule has 0 amide bonds. The summed E-state index contributed by atoms with van der Waals surface area (Å²) in [4.78, 5) is 12.3. The Kier molecular flexibility index (Phi) is 4.71. The molecule has 0 saturated heterocycles. The highest BCUT2D eigenvalue weighted by Gasteiger charge is 2.32. The van der Waals surface area contributed by atoms with Crippen molar-refractivity contribution >= 4 is 5.97 Å². The third-order valence-corrected chi connectivity index (χ3v) is 3.71. The maximum absolute atomic E-state index is 12.3. The lowest BCUT2D eigenvalue weighted by atomic mass is 9.87. The van der Waals surface area contributed by atoms with E-state index in [1.54, 1.807) is 4.68 Å². The van der Waals surface area contributed by atoms with Crippen molar-refractivity contribution in [3.63, 3.8) is 0 Å². The zero-order chi connectivity index (χ0) is 15.6. The number of ether oxygens (including phenoxy) is 1. The molecule has 21 heavy (non-hydrogen) atoms. The number of hydrogen-bond acceptors (Lipinski definition) is 4. The summed E-state index contributed by atoms with van der Waals surface area (Å²) in [5.41, 5.74) is 1.78.